The minimum atomic E-state index is -0.00653. The number of hydrogen-bond donors (Lipinski definition) is 3. The van der Waals surface area contributed by atoms with Crippen molar-refractivity contribution in [1.82, 2.24) is 10.4 Å². The lowest BCUT2D eigenvalue weighted by Crippen LogP contribution is -2.30. The Hall–Kier alpha value is -0.950. The lowest BCUT2D eigenvalue weighted by atomic mass is 10.0. The molecule has 17 heavy (non-hydrogen) atoms. The van der Waals surface area contributed by atoms with Crippen molar-refractivity contribution in [2.45, 2.75) is 12.5 Å². The fourth-order valence-corrected chi connectivity index (χ4v) is 2.67. The summed E-state index contributed by atoms with van der Waals surface area (Å²) in [5.74, 6) is 5.60. The Kier molecular flexibility index (Phi) is 4.11. The molecule has 0 aliphatic heterocycles. The number of nitrogens with one attached hydrogen (secondary N) is 1. The number of nitrogens with two attached hydrogens (primary N) is 2. The first kappa shape index (κ1) is 12.5. The van der Waals surface area contributed by atoms with Crippen molar-refractivity contribution >= 4 is 33.0 Å². The number of benzene rings is 1. The first-order valence-corrected chi connectivity index (χ1v) is 6.76. The topological polar surface area (TPSA) is 77.0 Å². The highest BCUT2D eigenvalue weighted by Crippen LogP contribution is 2.27. The Morgan fingerprint density at radius 2 is 2.29 bits per heavy atom. The predicted octanol–water partition coefficient (Wildman–Crippen LogP) is 2.23. The minimum absolute atomic E-state index is 0.00653. The second kappa shape index (κ2) is 5.59. The van der Waals surface area contributed by atoms with E-state index >= 15 is 0 Å². The lowest BCUT2D eigenvalue weighted by molar-refractivity contribution is 0.556. The van der Waals surface area contributed by atoms with E-state index in [1.165, 1.54) is 4.88 Å². The van der Waals surface area contributed by atoms with E-state index in [4.69, 9.17) is 11.6 Å². The smallest absolute Gasteiger partial charge is 0.0794 e. The number of nitrogen functional groups attached to an aromatic ring is 1. The van der Waals surface area contributed by atoms with Gasteiger partial charge in [0.2, 0.25) is 0 Å². The summed E-state index contributed by atoms with van der Waals surface area (Å²) in [6.45, 7) is 0. The third-order valence-electron chi connectivity index (χ3n) is 2.51. The van der Waals surface area contributed by atoms with E-state index in [1.54, 1.807) is 11.3 Å². The van der Waals surface area contributed by atoms with Crippen molar-refractivity contribution in [3.05, 3.63) is 44.8 Å². The number of rotatable bonds is 4. The first-order valence-electron chi connectivity index (χ1n) is 5.09. The van der Waals surface area contributed by atoms with Gasteiger partial charge in [0.1, 0.15) is 0 Å². The molecule has 1 aromatic carbocycles. The maximum Gasteiger partial charge on any atom is 0.0794 e. The highest BCUT2D eigenvalue weighted by molar-refractivity contribution is 9.10. The summed E-state index contributed by atoms with van der Waals surface area (Å²) in [7, 11) is 0. The SMILES string of the molecule is NNC(Cc1cncs1)c1cc(Br)ccc1N. The van der Waals surface area contributed by atoms with Gasteiger partial charge in [0.15, 0.2) is 0 Å². The number of anilines is 1. The van der Waals surface area contributed by atoms with Crippen molar-refractivity contribution in [1.29, 1.82) is 0 Å². The highest BCUT2D eigenvalue weighted by atomic mass is 79.9. The van der Waals surface area contributed by atoms with E-state index in [0.717, 1.165) is 22.1 Å². The van der Waals surface area contributed by atoms with Crippen LogP contribution in [-0.4, -0.2) is 4.98 Å². The number of thiazole rings is 1. The standard InChI is InChI=1S/C11H13BrN4S/c12-7-1-2-10(13)9(3-7)11(16-14)4-8-5-15-6-17-8/h1-3,5-6,11,16H,4,13-14H2. The Balaban J connectivity index is 2.25. The van der Waals surface area contributed by atoms with Crippen LogP contribution in [0.1, 0.15) is 16.5 Å². The van der Waals surface area contributed by atoms with Gasteiger partial charge in [0, 0.05) is 27.7 Å². The maximum absolute atomic E-state index is 5.97. The first-order chi connectivity index (χ1) is 8.20. The molecule has 0 spiro atoms. The number of halogens is 1. The molecule has 0 radical (unpaired) electrons. The monoisotopic (exact) mass is 312 g/mol. The van der Waals surface area contributed by atoms with E-state index in [2.05, 4.69) is 26.3 Å². The summed E-state index contributed by atoms with van der Waals surface area (Å²) >= 11 is 5.05. The molecule has 2 rings (SSSR count). The average Bonchev–Trinajstić information content (AvgIpc) is 2.82. The molecule has 0 aliphatic carbocycles. The lowest BCUT2D eigenvalue weighted by Gasteiger charge is -2.17. The van der Waals surface area contributed by atoms with Gasteiger partial charge >= 0.3 is 0 Å². The molecule has 0 fully saturated rings. The van der Waals surface area contributed by atoms with Crippen LogP contribution < -0.4 is 17.0 Å². The summed E-state index contributed by atoms with van der Waals surface area (Å²) in [6, 6.07) is 5.77. The normalized spacial score (nSPS) is 12.6. The summed E-state index contributed by atoms with van der Waals surface area (Å²) in [5, 5.41) is 0. The van der Waals surface area contributed by atoms with Gasteiger partial charge < -0.3 is 5.73 Å². The molecule has 1 unspecified atom stereocenters. The number of nitrogens with zero attached hydrogens (tertiary/aromatic N) is 1. The van der Waals surface area contributed by atoms with Crippen LogP contribution in [0.2, 0.25) is 0 Å². The quantitative estimate of drug-likeness (QED) is 0.459. The highest BCUT2D eigenvalue weighted by Gasteiger charge is 2.14. The molecule has 0 amide bonds. The van der Waals surface area contributed by atoms with E-state index in [0.29, 0.717) is 0 Å². The fraction of sp³-hybridized carbons (Fsp3) is 0.182. The second-order valence-electron chi connectivity index (χ2n) is 3.66. The van der Waals surface area contributed by atoms with Crippen LogP contribution in [0.4, 0.5) is 5.69 Å². The van der Waals surface area contributed by atoms with Crippen molar-refractivity contribution in [3.63, 3.8) is 0 Å². The van der Waals surface area contributed by atoms with Crippen LogP contribution in [0.15, 0.2) is 34.4 Å². The van der Waals surface area contributed by atoms with Gasteiger partial charge in [0.05, 0.1) is 11.6 Å². The molecule has 1 heterocycles. The Bertz CT molecular complexity index is 486. The summed E-state index contributed by atoms with van der Waals surface area (Å²) in [5.41, 5.74) is 12.3. The molecule has 4 nitrogen and oxygen atoms in total. The van der Waals surface area contributed by atoms with Crippen LogP contribution in [0.5, 0.6) is 0 Å². The van der Waals surface area contributed by atoms with Crippen LogP contribution in [0.25, 0.3) is 0 Å². The van der Waals surface area contributed by atoms with Gasteiger partial charge in [-0.05, 0) is 23.8 Å². The van der Waals surface area contributed by atoms with Crippen LogP contribution in [0, 0.1) is 0 Å². The van der Waals surface area contributed by atoms with Crippen molar-refractivity contribution in [2.24, 2.45) is 5.84 Å². The molecular formula is C11H13BrN4S. The van der Waals surface area contributed by atoms with Gasteiger partial charge in [0.25, 0.3) is 0 Å². The predicted molar refractivity (Wildman–Crippen MR) is 74.4 cm³/mol. The van der Waals surface area contributed by atoms with E-state index in [-0.39, 0.29) is 6.04 Å². The maximum atomic E-state index is 5.97. The van der Waals surface area contributed by atoms with Gasteiger partial charge in [-0.2, -0.15) is 0 Å². The van der Waals surface area contributed by atoms with E-state index < -0.39 is 0 Å². The molecule has 1 atom stereocenters. The third-order valence-corrected chi connectivity index (χ3v) is 3.81. The van der Waals surface area contributed by atoms with Crippen LogP contribution in [0.3, 0.4) is 0 Å². The van der Waals surface area contributed by atoms with Gasteiger partial charge in [-0.1, -0.05) is 15.9 Å². The van der Waals surface area contributed by atoms with E-state index in [9.17, 15) is 0 Å². The fourth-order valence-electron chi connectivity index (χ4n) is 1.65. The van der Waals surface area contributed by atoms with Crippen molar-refractivity contribution in [3.8, 4) is 0 Å². The molecule has 0 bridgehead atoms. The molecule has 0 saturated heterocycles. The van der Waals surface area contributed by atoms with Gasteiger partial charge in [-0.25, -0.2) is 0 Å². The molecule has 0 aliphatic rings. The molecule has 2 aromatic rings. The van der Waals surface area contributed by atoms with Crippen molar-refractivity contribution in [2.75, 3.05) is 5.73 Å². The molecule has 90 valence electrons. The molecular weight excluding hydrogens is 300 g/mol. The Morgan fingerprint density at radius 3 is 2.94 bits per heavy atom. The van der Waals surface area contributed by atoms with Gasteiger partial charge in [-0.3, -0.25) is 16.3 Å². The van der Waals surface area contributed by atoms with Crippen LogP contribution in [-0.2, 0) is 6.42 Å². The average molecular weight is 313 g/mol. The zero-order valence-electron chi connectivity index (χ0n) is 9.06. The second-order valence-corrected chi connectivity index (χ2v) is 5.55. The van der Waals surface area contributed by atoms with Crippen LogP contribution >= 0.6 is 27.3 Å². The van der Waals surface area contributed by atoms with Crippen molar-refractivity contribution < 1.29 is 0 Å². The summed E-state index contributed by atoms with van der Waals surface area (Å²) < 4.78 is 0.992. The third kappa shape index (κ3) is 3.04. The van der Waals surface area contributed by atoms with E-state index in [1.807, 2.05) is 29.9 Å². The zero-order valence-corrected chi connectivity index (χ0v) is 11.5. The molecule has 0 saturated carbocycles. The Morgan fingerprint density at radius 1 is 1.47 bits per heavy atom. The Labute approximate surface area is 112 Å². The molecule has 1 aromatic heterocycles. The number of hydrazine groups is 1. The zero-order chi connectivity index (χ0) is 12.3. The largest absolute Gasteiger partial charge is 0.398 e. The summed E-state index contributed by atoms with van der Waals surface area (Å²) in [4.78, 5) is 5.23. The minimum Gasteiger partial charge on any atom is -0.398 e. The van der Waals surface area contributed by atoms with Gasteiger partial charge in [-0.15, -0.1) is 11.3 Å². The molecule has 6 heteroatoms. The molecule has 5 N–H and O–H groups in total. The summed E-state index contributed by atoms with van der Waals surface area (Å²) in [6.07, 6.45) is 2.63. The number of aromatic nitrogens is 1. The number of hydrogen-bond acceptors (Lipinski definition) is 5.